The molecule has 172 valence electrons. The lowest BCUT2D eigenvalue weighted by Gasteiger charge is -2.11. The van der Waals surface area contributed by atoms with Gasteiger partial charge in [-0.1, -0.05) is 18.2 Å². The number of hydrogen-bond acceptors (Lipinski definition) is 7. The molecular weight excluding hydrogens is 428 g/mol. The summed E-state index contributed by atoms with van der Waals surface area (Å²) in [5.41, 5.74) is 1.67. The van der Waals surface area contributed by atoms with Crippen LogP contribution >= 0.6 is 0 Å². The molecule has 33 heavy (non-hydrogen) atoms. The van der Waals surface area contributed by atoms with Gasteiger partial charge in [0.05, 0.1) is 36.7 Å². The van der Waals surface area contributed by atoms with Crippen molar-refractivity contribution in [2.45, 2.75) is 19.8 Å². The molecule has 0 spiro atoms. The Morgan fingerprint density at radius 3 is 2.67 bits per heavy atom. The van der Waals surface area contributed by atoms with E-state index in [4.69, 9.17) is 9.47 Å². The molecule has 1 aromatic heterocycles. The van der Waals surface area contributed by atoms with Crippen molar-refractivity contribution in [2.24, 2.45) is 0 Å². The van der Waals surface area contributed by atoms with E-state index in [0.29, 0.717) is 28.2 Å². The second-order valence-electron chi connectivity index (χ2n) is 7.22. The Morgan fingerprint density at radius 2 is 1.88 bits per heavy atom. The maximum Gasteiger partial charge on any atom is 0.306 e. The summed E-state index contributed by atoms with van der Waals surface area (Å²) in [5, 5.41) is 5.50. The van der Waals surface area contributed by atoms with E-state index < -0.39 is 24.4 Å². The minimum atomic E-state index is -0.630. The number of anilines is 1. The summed E-state index contributed by atoms with van der Waals surface area (Å²) in [5.74, 6) is -0.855. The zero-order chi connectivity index (χ0) is 23.8. The first-order chi connectivity index (χ1) is 15.9. The number of ether oxygens (including phenoxy) is 2. The fraction of sp³-hybridized carbons (Fsp3) is 0.261. The lowest BCUT2D eigenvalue weighted by atomic mass is 10.2. The Hall–Kier alpha value is -4.21. The van der Waals surface area contributed by atoms with E-state index in [9.17, 15) is 19.2 Å². The van der Waals surface area contributed by atoms with Crippen LogP contribution in [0.25, 0.3) is 10.9 Å². The van der Waals surface area contributed by atoms with E-state index >= 15 is 0 Å². The van der Waals surface area contributed by atoms with Crippen LogP contribution in [0.1, 0.15) is 17.8 Å². The molecule has 2 aromatic carbocycles. The maximum absolute atomic E-state index is 12.1. The molecule has 1 heterocycles. The van der Waals surface area contributed by atoms with Crippen molar-refractivity contribution in [3.63, 3.8) is 0 Å². The van der Waals surface area contributed by atoms with E-state index in [0.717, 1.165) is 5.56 Å². The highest BCUT2D eigenvalue weighted by Crippen LogP contribution is 2.24. The molecule has 0 fully saturated rings. The molecule has 3 N–H and O–H groups in total. The number of rotatable bonds is 9. The van der Waals surface area contributed by atoms with Crippen LogP contribution < -0.4 is 20.9 Å². The minimum Gasteiger partial charge on any atom is -0.495 e. The smallest absolute Gasteiger partial charge is 0.306 e. The Bertz CT molecular complexity index is 1240. The van der Waals surface area contributed by atoms with E-state index in [1.54, 1.807) is 36.4 Å². The van der Waals surface area contributed by atoms with Crippen LogP contribution in [0.5, 0.6) is 5.75 Å². The summed E-state index contributed by atoms with van der Waals surface area (Å²) in [6.45, 7) is 1.05. The number of esters is 1. The minimum absolute atomic E-state index is 0.0673. The van der Waals surface area contributed by atoms with Gasteiger partial charge in [0.25, 0.3) is 11.5 Å². The van der Waals surface area contributed by atoms with Crippen LogP contribution in [0, 0.1) is 6.92 Å². The van der Waals surface area contributed by atoms with Crippen molar-refractivity contribution in [1.29, 1.82) is 0 Å². The molecule has 0 bridgehead atoms. The van der Waals surface area contributed by atoms with Gasteiger partial charge in [-0.15, -0.1) is 0 Å². The average Bonchev–Trinajstić information content (AvgIpc) is 2.80. The second-order valence-corrected chi connectivity index (χ2v) is 7.22. The number of benzene rings is 2. The molecule has 10 heteroatoms. The maximum atomic E-state index is 12.1. The first-order valence-corrected chi connectivity index (χ1v) is 10.2. The third kappa shape index (κ3) is 6.63. The highest BCUT2D eigenvalue weighted by Gasteiger charge is 2.12. The van der Waals surface area contributed by atoms with Crippen LogP contribution in [-0.2, 0) is 25.5 Å². The third-order valence-corrected chi connectivity index (χ3v) is 4.67. The predicted octanol–water partition coefficient (Wildman–Crippen LogP) is 1.47. The van der Waals surface area contributed by atoms with Crippen molar-refractivity contribution in [2.75, 3.05) is 25.6 Å². The van der Waals surface area contributed by atoms with Crippen LogP contribution in [0.15, 0.2) is 47.3 Å². The number of carbonyl (C=O) groups excluding carboxylic acids is 3. The van der Waals surface area contributed by atoms with Crippen LogP contribution in [0.3, 0.4) is 0 Å². The Balaban J connectivity index is 1.41. The Morgan fingerprint density at radius 1 is 1.09 bits per heavy atom. The van der Waals surface area contributed by atoms with Gasteiger partial charge in [0, 0.05) is 6.42 Å². The number of nitrogens with zero attached hydrogens (tertiary/aromatic N) is 1. The first-order valence-electron chi connectivity index (χ1n) is 10.2. The zero-order valence-electron chi connectivity index (χ0n) is 18.3. The molecule has 0 aliphatic heterocycles. The molecule has 0 aliphatic rings. The SMILES string of the molecule is COc1ccc(C)cc1NC(=O)CNC(=O)COC(=O)CCc1nc2ccccc2c(=O)[nH]1. The largest absolute Gasteiger partial charge is 0.495 e. The Kier molecular flexibility index (Phi) is 7.74. The second kappa shape index (κ2) is 10.9. The summed E-state index contributed by atoms with van der Waals surface area (Å²) in [4.78, 5) is 54.9. The van der Waals surface area contributed by atoms with Crippen molar-refractivity contribution in [3.05, 3.63) is 64.2 Å². The molecule has 0 saturated carbocycles. The monoisotopic (exact) mass is 452 g/mol. The van der Waals surface area contributed by atoms with Crippen LogP contribution in [0.2, 0.25) is 0 Å². The fourth-order valence-electron chi connectivity index (χ4n) is 3.04. The van der Waals surface area contributed by atoms with Gasteiger partial charge < -0.3 is 25.1 Å². The van der Waals surface area contributed by atoms with E-state index in [2.05, 4.69) is 20.6 Å². The summed E-state index contributed by atoms with van der Waals surface area (Å²) in [6, 6.07) is 12.2. The molecule has 0 radical (unpaired) electrons. The average molecular weight is 452 g/mol. The van der Waals surface area contributed by atoms with Crippen LogP contribution in [0.4, 0.5) is 5.69 Å². The number of methoxy groups -OCH3 is 1. The number of hydrogen-bond donors (Lipinski definition) is 3. The first kappa shape index (κ1) is 23.5. The van der Waals surface area contributed by atoms with Gasteiger partial charge in [0.2, 0.25) is 5.91 Å². The third-order valence-electron chi connectivity index (χ3n) is 4.67. The highest BCUT2D eigenvalue weighted by atomic mass is 16.5. The number of carbonyl (C=O) groups is 3. The molecule has 2 amide bonds. The molecule has 0 atom stereocenters. The van der Waals surface area contributed by atoms with Gasteiger partial charge in [0.15, 0.2) is 6.61 Å². The van der Waals surface area contributed by atoms with Crippen molar-refractivity contribution < 1.29 is 23.9 Å². The molecule has 0 unspecified atom stereocenters. The van der Waals surface area contributed by atoms with Crippen molar-refractivity contribution in [3.8, 4) is 5.75 Å². The standard InChI is InChI=1S/C23H24N4O6/c1-14-7-8-18(32-2)17(11-14)26-20(28)12-24-21(29)13-33-22(30)10-9-19-25-16-6-4-3-5-15(16)23(31)27-19/h3-8,11H,9-10,12-13H2,1-2H3,(H,24,29)(H,26,28)(H,25,27,31). The number of aryl methyl sites for hydroxylation is 2. The summed E-state index contributed by atoms with van der Waals surface area (Å²) < 4.78 is 10.1. The quantitative estimate of drug-likeness (QED) is 0.418. The summed E-state index contributed by atoms with van der Waals surface area (Å²) in [7, 11) is 1.49. The Labute approximate surface area is 189 Å². The van der Waals surface area contributed by atoms with E-state index in [-0.39, 0.29) is 24.9 Å². The summed E-state index contributed by atoms with van der Waals surface area (Å²) >= 11 is 0. The molecule has 0 saturated heterocycles. The van der Waals surface area contributed by atoms with Gasteiger partial charge in [-0.25, -0.2) is 4.98 Å². The topological polar surface area (TPSA) is 139 Å². The van der Waals surface area contributed by atoms with Crippen LogP contribution in [-0.4, -0.2) is 48.0 Å². The van der Waals surface area contributed by atoms with E-state index in [1.165, 1.54) is 7.11 Å². The zero-order valence-corrected chi connectivity index (χ0v) is 18.3. The molecule has 3 aromatic rings. The lowest BCUT2D eigenvalue weighted by Crippen LogP contribution is -2.35. The number of amides is 2. The number of aromatic nitrogens is 2. The van der Waals surface area contributed by atoms with E-state index in [1.807, 2.05) is 13.0 Å². The van der Waals surface area contributed by atoms with Gasteiger partial charge in [-0.2, -0.15) is 0 Å². The predicted molar refractivity (Wildman–Crippen MR) is 121 cm³/mol. The van der Waals surface area contributed by atoms with Gasteiger partial charge in [-0.3, -0.25) is 19.2 Å². The fourth-order valence-corrected chi connectivity index (χ4v) is 3.04. The summed E-state index contributed by atoms with van der Waals surface area (Å²) in [6.07, 6.45) is 0.0868. The lowest BCUT2D eigenvalue weighted by molar-refractivity contribution is -0.148. The number of nitrogens with one attached hydrogen (secondary N) is 3. The van der Waals surface area contributed by atoms with Gasteiger partial charge >= 0.3 is 5.97 Å². The van der Waals surface area contributed by atoms with Crippen molar-refractivity contribution >= 4 is 34.4 Å². The van der Waals surface area contributed by atoms with Gasteiger partial charge in [0.1, 0.15) is 11.6 Å². The normalized spacial score (nSPS) is 10.5. The number of H-pyrrole nitrogens is 1. The molecular formula is C23H24N4O6. The van der Waals surface area contributed by atoms with Gasteiger partial charge in [-0.05, 0) is 36.8 Å². The molecule has 0 aliphatic carbocycles. The van der Waals surface area contributed by atoms with Crippen molar-refractivity contribution in [1.82, 2.24) is 15.3 Å². The number of para-hydroxylation sites is 1. The number of fused-ring (bicyclic) bond motifs is 1. The highest BCUT2D eigenvalue weighted by molar-refractivity contribution is 5.96. The number of aromatic amines is 1. The molecule has 3 rings (SSSR count). The molecule has 10 nitrogen and oxygen atoms in total.